The molecule has 0 aliphatic carbocycles. The number of halogens is 1. The number of anilines is 2. The summed E-state index contributed by atoms with van der Waals surface area (Å²) >= 11 is 6.89. The molecule has 0 aliphatic rings. The summed E-state index contributed by atoms with van der Waals surface area (Å²) in [6.07, 6.45) is 1.44. The number of nitrogens with one attached hydrogen (secondary N) is 1. The summed E-state index contributed by atoms with van der Waals surface area (Å²) in [7, 11) is 0. The maximum absolute atomic E-state index is 12.2. The lowest BCUT2D eigenvalue weighted by atomic mass is 10.2. The third-order valence-corrected chi connectivity index (χ3v) is 4.68. The molecule has 3 N–H and O–H groups in total. The van der Waals surface area contributed by atoms with Crippen LogP contribution >= 0.6 is 23.4 Å². The number of hydrogen-bond donors (Lipinski definition) is 2. The summed E-state index contributed by atoms with van der Waals surface area (Å²) in [5.41, 5.74) is 7.38. The first-order valence-electron chi connectivity index (χ1n) is 7.93. The Kier molecular flexibility index (Phi) is 5.78. The van der Waals surface area contributed by atoms with Crippen LogP contribution in [0.15, 0.2) is 58.6 Å². The van der Waals surface area contributed by atoms with E-state index in [0.29, 0.717) is 16.0 Å². The zero-order valence-electron chi connectivity index (χ0n) is 14.3. The predicted molar refractivity (Wildman–Crippen MR) is 108 cm³/mol. The summed E-state index contributed by atoms with van der Waals surface area (Å²) < 4.78 is 1.65. The standard InChI is InChI=1S/C18H16ClN5O2S/c1-11-3-2-4-13(7-11)24-14(20)8-16(25)23-18(24)27-10-17(26)22-15-6-5-12(19)9-21-15/h2-9H,10,20H2,1H3,(H,21,22,26). The average molecular weight is 402 g/mol. The molecule has 138 valence electrons. The fourth-order valence-corrected chi connectivity index (χ4v) is 3.30. The molecule has 7 nitrogen and oxygen atoms in total. The molecule has 0 bridgehead atoms. The minimum Gasteiger partial charge on any atom is -0.385 e. The van der Waals surface area contributed by atoms with Crippen molar-refractivity contribution in [3.05, 3.63) is 69.6 Å². The van der Waals surface area contributed by atoms with Crippen LogP contribution in [0.4, 0.5) is 11.6 Å². The third-order valence-electron chi connectivity index (χ3n) is 3.51. The van der Waals surface area contributed by atoms with Crippen LogP contribution in [0, 0.1) is 6.92 Å². The first-order valence-corrected chi connectivity index (χ1v) is 9.29. The second-order valence-corrected chi connectivity index (χ2v) is 7.05. The van der Waals surface area contributed by atoms with E-state index in [9.17, 15) is 9.59 Å². The van der Waals surface area contributed by atoms with Crippen molar-refractivity contribution in [3.8, 4) is 5.69 Å². The maximum Gasteiger partial charge on any atom is 0.275 e. The number of benzene rings is 1. The van der Waals surface area contributed by atoms with E-state index < -0.39 is 5.56 Å². The number of aromatic nitrogens is 3. The Morgan fingerprint density at radius 2 is 2.11 bits per heavy atom. The lowest BCUT2D eigenvalue weighted by Gasteiger charge is -2.15. The summed E-state index contributed by atoms with van der Waals surface area (Å²) in [6.45, 7) is 1.95. The molecule has 3 rings (SSSR count). The molecular weight excluding hydrogens is 386 g/mol. The van der Waals surface area contributed by atoms with Crippen molar-refractivity contribution in [2.45, 2.75) is 12.1 Å². The highest BCUT2D eigenvalue weighted by Gasteiger charge is 2.13. The van der Waals surface area contributed by atoms with Crippen LogP contribution in [0.1, 0.15) is 5.56 Å². The van der Waals surface area contributed by atoms with Gasteiger partial charge >= 0.3 is 0 Å². The van der Waals surface area contributed by atoms with Gasteiger partial charge in [-0.05, 0) is 36.8 Å². The highest BCUT2D eigenvalue weighted by molar-refractivity contribution is 7.99. The van der Waals surface area contributed by atoms with Crippen LogP contribution in [-0.2, 0) is 4.79 Å². The number of nitrogens with zero attached hydrogens (tertiary/aromatic N) is 3. The van der Waals surface area contributed by atoms with Gasteiger partial charge in [-0.3, -0.25) is 14.2 Å². The van der Waals surface area contributed by atoms with E-state index >= 15 is 0 Å². The lowest BCUT2D eigenvalue weighted by molar-refractivity contribution is -0.113. The van der Waals surface area contributed by atoms with Crippen LogP contribution in [0.5, 0.6) is 0 Å². The molecule has 3 aromatic rings. The van der Waals surface area contributed by atoms with E-state index in [2.05, 4.69) is 15.3 Å². The van der Waals surface area contributed by atoms with Crippen LogP contribution < -0.4 is 16.6 Å². The number of pyridine rings is 1. The van der Waals surface area contributed by atoms with Gasteiger partial charge < -0.3 is 11.1 Å². The normalized spacial score (nSPS) is 10.6. The van der Waals surface area contributed by atoms with E-state index in [1.54, 1.807) is 16.7 Å². The number of carbonyl (C=O) groups excluding carboxylic acids is 1. The van der Waals surface area contributed by atoms with Crippen molar-refractivity contribution in [1.29, 1.82) is 0 Å². The van der Waals surface area contributed by atoms with Gasteiger partial charge in [-0.2, -0.15) is 4.98 Å². The van der Waals surface area contributed by atoms with Crippen LogP contribution in [0.3, 0.4) is 0 Å². The van der Waals surface area contributed by atoms with E-state index in [4.69, 9.17) is 17.3 Å². The van der Waals surface area contributed by atoms with Gasteiger partial charge in [0.15, 0.2) is 5.16 Å². The van der Waals surface area contributed by atoms with E-state index in [1.165, 1.54) is 12.3 Å². The molecule has 2 aromatic heterocycles. The summed E-state index contributed by atoms with van der Waals surface area (Å²) in [5.74, 6) is 0.387. The van der Waals surface area contributed by atoms with Gasteiger partial charge in [-0.1, -0.05) is 35.5 Å². The number of aryl methyl sites for hydroxylation is 1. The van der Waals surface area contributed by atoms with Gasteiger partial charge in [0.25, 0.3) is 5.56 Å². The number of amides is 1. The molecule has 0 saturated heterocycles. The molecule has 1 aromatic carbocycles. The molecule has 9 heteroatoms. The third kappa shape index (κ3) is 4.87. The van der Waals surface area contributed by atoms with Crippen molar-refractivity contribution in [2.75, 3.05) is 16.8 Å². The van der Waals surface area contributed by atoms with Crippen molar-refractivity contribution < 1.29 is 4.79 Å². The van der Waals surface area contributed by atoms with Crippen molar-refractivity contribution in [1.82, 2.24) is 14.5 Å². The Morgan fingerprint density at radius 1 is 1.30 bits per heavy atom. The first kappa shape index (κ1) is 18.9. The number of rotatable bonds is 5. The number of thioether (sulfide) groups is 1. The van der Waals surface area contributed by atoms with Gasteiger partial charge in [-0.15, -0.1) is 0 Å². The Morgan fingerprint density at radius 3 is 2.81 bits per heavy atom. The van der Waals surface area contributed by atoms with Gasteiger partial charge in [0.05, 0.1) is 10.8 Å². The smallest absolute Gasteiger partial charge is 0.275 e. The fraction of sp³-hybridized carbons (Fsp3) is 0.111. The van der Waals surface area contributed by atoms with Gasteiger partial charge in [0, 0.05) is 18.0 Å². The SMILES string of the molecule is Cc1cccc(-n2c(N)cc(=O)nc2SCC(=O)Nc2ccc(Cl)cn2)c1. The summed E-state index contributed by atoms with van der Waals surface area (Å²) in [6, 6.07) is 12.1. The number of nitrogens with two attached hydrogens (primary N) is 1. The van der Waals surface area contributed by atoms with E-state index in [1.807, 2.05) is 31.2 Å². The predicted octanol–water partition coefficient (Wildman–Crippen LogP) is 2.90. The minimum absolute atomic E-state index is 0.0337. The maximum atomic E-state index is 12.2. The zero-order valence-corrected chi connectivity index (χ0v) is 15.9. The molecule has 0 saturated carbocycles. The molecule has 0 spiro atoms. The van der Waals surface area contributed by atoms with E-state index in [0.717, 1.165) is 23.0 Å². The fourth-order valence-electron chi connectivity index (χ4n) is 2.36. The van der Waals surface area contributed by atoms with Gasteiger partial charge in [-0.25, -0.2) is 4.98 Å². The van der Waals surface area contributed by atoms with Crippen LogP contribution in [-0.4, -0.2) is 26.2 Å². The highest BCUT2D eigenvalue weighted by Crippen LogP contribution is 2.23. The van der Waals surface area contributed by atoms with Gasteiger partial charge in [0.2, 0.25) is 5.91 Å². The molecule has 1 amide bonds. The monoisotopic (exact) mass is 401 g/mol. The Balaban J connectivity index is 1.81. The largest absolute Gasteiger partial charge is 0.385 e. The average Bonchev–Trinajstić information content (AvgIpc) is 2.61. The Labute approximate surface area is 164 Å². The van der Waals surface area contributed by atoms with Gasteiger partial charge in [0.1, 0.15) is 11.6 Å². The molecule has 27 heavy (non-hydrogen) atoms. The first-order chi connectivity index (χ1) is 12.9. The summed E-state index contributed by atoms with van der Waals surface area (Å²) in [5, 5.41) is 3.48. The quantitative estimate of drug-likeness (QED) is 0.503. The lowest BCUT2D eigenvalue weighted by Crippen LogP contribution is -2.19. The number of carbonyl (C=O) groups is 1. The molecular formula is C18H16ClN5O2S. The molecule has 0 fully saturated rings. The minimum atomic E-state index is -0.460. The molecule has 0 unspecified atom stereocenters. The Hall–Kier alpha value is -2.84. The van der Waals surface area contributed by atoms with Crippen LogP contribution in [0.25, 0.3) is 5.69 Å². The second kappa shape index (κ2) is 8.24. The molecule has 0 radical (unpaired) electrons. The molecule has 2 heterocycles. The number of nitrogen functional groups attached to an aromatic ring is 1. The number of hydrogen-bond acceptors (Lipinski definition) is 6. The van der Waals surface area contributed by atoms with Crippen LogP contribution in [0.2, 0.25) is 5.02 Å². The second-order valence-electron chi connectivity index (χ2n) is 5.67. The highest BCUT2D eigenvalue weighted by atomic mass is 35.5. The molecule has 0 aliphatic heterocycles. The van der Waals surface area contributed by atoms with E-state index in [-0.39, 0.29) is 17.5 Å². The van der Waals surface area contributed by atoms with Crippen molar-refractivity contribution >= 4 is 40.9 Å². The molecule has 0 atom stereocenters. The van der Waals surface area contributed by atoms with Crippen molar-refractivity contribution in [2.24, 2.45) is 0 Å². The Bertz CT molecular complexity index is 1040. The zero-order chi connectivity index (χ0) is 19.4. The van der Waals surface area contributed by atoms with Crippen molar-refractivity contribution in [3.63, 3.8) is 0 Å². The topological polar surface area (TPSA) is 103 Å². The summed E-state index contributed by atoms with van der Waals surface area (Å²) in [4.78, 5) is 32.0.